The van der Waals surface area contributed by atoms with Crippen LogP contribution in [0.2, 0.25) is 0 Å². The second-order valence-electron chi connectivity index (χ2n) is 7.17. The van der Waals surface area contributed by atoms with Gasteiger partial charge in [-0.05, 0) is 38.2 Å². The molecule has 1 aromatic heterocycles. The molecule has 0 bridgehead atoms. The van der Waals surface area contributed by atoms with Gasteiger partial charge in [-0.25, -0.2) is 0 Å². The number of fused-ring (bicyclic) bond motifs is 1. The molecule has 0 saturated carbocycles. The minimum atomic E-state index is 0.194. The molecule has 0 spiro atoms. The average molecular weight is 354 g/mol. The normalized spacial score (nSPS) is 12.6. The standard InChI is InChI=1S/C25H26N2/c1-4-27-22-18-12-11-17-21(22)23(25(27)20-15-9-6-10-16-20)24(26(2)3)19-13-7-5-8-14-19/h5-18,24H,4H2,1-3H3. The molecule has 0 amide bonds. The Morgan fingerprint density at radius 3 is 2.00 bits per heavy atom. The van der Waals surface area contributed by atoms with E-state index in [0.717, 1.165) is 6.54 Å². The summed E-state index contributed by atoms with van der Waals surface area (Å²) in [6.07, 6.45) is 0. The molecule has 4 rings (SSSR count). The van der Waals surface area contributed by atoms with Crippen molar-refractivity contribution in [2.45, 2.75) is 19.5 Å². The molecule has 27 heavy (non-hydrogen) atoms. The third-order valence-electron chi connectivity index (χ3n) is 5.28. The number of rotatable bonds is 5. The number of benzene rings is 3. The van der Waals surface area contributed by atoms with Crippen LogP contribution in [0.3, 0.4) is 0 Å². The quantitative estimate of drug-likeness (QED) is 0.428. The zero-order valence-corrected chi connectivity index (χ0v) is 16.3. The Kier molecular flexibility index (Phi) is 4.83. The fourth-order valence-electron chi connectivity index (χ4n) is 4.20. The minimum absolute atomic E-state index is 0.194. The van der Waals surface area contributed by atoms with E-state index in [4.69, 9.17) is 0 Å². The summed E-state index contributed by atoms with van der Waals surface area (Å²) >= 11 is 0. The second-order valence-corrected chi connectivity index (χ2v) is 7.17. The van der Waals surface area contributed by atoms with Gasteiger partial charge in [0, 0.05) is 23.0 Å². The highest BCUT2D eigenvalue weighted by Crippen LogP contribution is 2.41. The molecule has 2 nitrogen and oxygen atoms in total. The molecule has 3 aromatic carbocycles. The summed E-state index contributed by atoms with van der Waals surface area (Å²) in [6, 6.07) is 30.6. The van der Waals surface area contributed by atoms with Crippen LogP contribution in [0, 0.1) is 0 Å². The predicted octanol–water partition coefficient (Wildman–Crippen LogP) is 5.98. The van der Waals surface area contributed by atoms with Gasteiger partial charge < -0.3 is 4.57 Å². The Hall–Kier alpha value is -2.84. The Balaban J connectivity index is 2.10. The molecule has 0 saturated heterocycles. The molecule has 1 atom stereocenters. The van der Waals surface area contributed by atoms with Crippen molar-refractivity contribution in [3.05, 3.63) is 96.1 Å². The minimum Gasteiger partial charge on any atom is -0.340 e. The number of aromatic nitrogens is 1. The smallest absolute Gasteiger partial charge is 0.0624 e. The van der Waals surface area contributed by atoms with Gasteiger partial charge in [-0.3, -0.25) is 4.90 Å². The van der Waals surface area contributed by atoms with E-state index in [0.29, 0.717) is 0 Å². The zero-order chi connectivity index (χ0) is 18.8. The van der Waals surface area contributed by atoms with E-state index in [1.165, 1.54) is 33.3 Å². The summed E-state index contributed by atoms with van der Waals surface area (Å²) in [4.78, 5) is 2.32. The van der Waals surface area contributed by atoms with Crippen molar-refractivity contribution >= 4 is 10.9 Å². The monoisotopic (exact) mass is 354 g/mol. The van der Waals surface area contributed by atoms with Crippen molar-refractivity contribution in [2.75, 3.05) is 14.1 Å². The third kappa shape index (κ3) is 3.07. The fourth-order valence-corrected chi connectivity index (χ4v) is 4.20. The van der Waals surface area contributed by atoms with Gasteiger partial charge in [0.25, 0.3) is 0 Å². The number of hydrogen-bond acceptors (Lipinski definition) is 1. The lowest BCUT2D eigenvalue weighted by Gasteiger charge is -2.27. The molecule has 4 aromatic rings. The van der Waals surface area contributed by atoms with Crippen LogP contribution in [0.25, 0.3) is 22.2 Å². The van der Waals surface area contributed by atoms with E-state index < -0.39 is 0 Å². The summed E-state index contributed by atoms with van der Waals surface area (Å²) in [7, 11) is 4.34. The van der Waals surface area contributed by atoms with Gasteiger partial charge in [0.1, 0.15) is 0 Å². The SMILES string of the molecule is CCn1c(-c2ccccc2)c(C(c2ccccc2)N(C)C)c2ccccc21. The Bertz CT molecular complexity index is 1030. The third-order valence-corrected chi connectivity index (χ3v) is 5.28. The van der Waals surface area contributed by atoms with Crippen LogP contribution in [0.5, 0.6) is 0 Å². The van der Waals surface area contributed by atoms with E-state index in [9.17, 15) is 0 Å². The van der Waals surface area contributed by atoms with Crippen molar-refractivity contribution in [1.82, 2.24) is 9.47 Å². The van der Waals surface area contributed by atoms with Gasteiger partial charge >= 0.3 is 0 Å². The van der Waals surface area contributed by atoms with Crippen molar-refractivity contribution in [2.24, 2.45) is 0 Å². The van der Waals surface area contributed by atoms with Crippen LogP contribution in [-0.2, 0) is 6.54 Å². The van der Waals surface area contributed by atoms with Crippen molar-refractivity contribution < 1.29 is 0 Å². The molecule has 136 valence electrons. The molecule has 2 heteroatoms. The van der Waals surface area contributed by atoms with Gasteiger partial charge in [0.15, 0.2) is 0 Å². The molecule has 0 N–H and O–H groups in total. The van der Waals surface area contributed by atoms with Crippen LogP contribution < -0.4 is 0 Å². The Morgan fingerprint density at radius 1 is 0.778 bits per heavy atom. The predicted molar refractivity (Wildman–Crippen MR) is 115 cm³/mol. The van der Waals surface area contributed by atoms with Crippen LogP contribution in [0.4, 0.5) is 0 Å². The van der Waals surface area contributed by atoms with Crippen molar-refractivity contribution in [3.63, 3.8) is 0 Å². The first-order chi connectivity index (χ1) is 13.2. The largest absolute Gasteiger partial charge is 0.340 e. The van der Waals surface area contributed by atoms with E-state index >= 15 is 0 Å². The van der Waals surface area contributed by atoms with Crippen LogP contribution >= 0.6 is 0 Å². The second kappa shape index (κ2) is 7.42. The number of para-hydroxylation sites is 1. The molecular weight excluding hydrogens is 328 g/mol. The maximum absolute atomic E-state index is 2.46. The highest BCUT2D eigenvalue weighted by atomic mass is 15.1. The topological polar surface area (TPSA) is 8.17 Å². The first-order valence-corrected chi connectivity index (χ1v) is 9.60. The molecule has 1 heterocycles. The molecule has 0 aliphatic rings. The van der Waals surface area contributed by atoms with Gasteiger partial charge in [-0.15, -0.1) is 0 Å². The van der Waals surface area contributed by atoms with Crippen molar-refractivity contribution in [3.8, 4) is 11.3 Å². The van der Waals surface area contributed by atoms with E-state index in [1.807, 2.05) is 0 Å². The van der Waals surface area contributed by atoms with Crippen LogP contribution in [0.15, 0.2) is 84.9 Å². The Morgan fingerprint density at radius 2 is 1.37 bits per heavy atom. The van der Waals surface area contributed by atoms with Crippen molar-refractivity contribution in [1.29, 1.82) is 0 Å². The summed E-state index contributed by atoms with van der Waals surface area (Å²) < 4.78 is 2.46. The van der Waals surface area contributed by atoms with Gasteiger partial charge in [-0.2, -0.15) is 0 Å². The lowest BCUT2D eigenvalue weighted by molar-refractivity contribution is 0.344. The summed E-state index contributed by atoms with van der Waals surface area (Å²) in [5.74, 6) is 0. The van der Waals surface area contributed by atoms with Crippen LogP contribution in [-0.4, -0.2) is 23.6 Å². The maximum atomic E-state index is 2.46. The summed E-state index contributed by atoms with van der Waals surface area (Å²) in [5, 5.41) is 1.33. The zero-order valence-electron chi connectivity index (χ0n) is 16.3. The fraction of sp³-hybridized carbons (Fsp3) is 0.200. The van der Waals surface area contributed by atoms with E-state index in [1.54, 1.807) is 0 Å². The maximum Gasteiger partial charge on any atom is 0.0624 e. The lowest BCUT2D eigenvalue weighted by atomic mass is 9.93. The van der Waals surface area contributed by atoms with Gasteiger partial charge in [0.05, 0.1) is 11.7 Å². The Labute approximate surface area is 161 Å². The highest BCUT2D eigenvalue weighted by molar-refractivity contribution is 5.93. The molecule has 0 aliphatic carbocycles. The molecule has 1 unspecified atom stereocenters. The molecule has 0 fully saturated rings. The number of aryl methyl sites for hydroxylation is 1. The molecular formula is C25H26N2. The summed E-state index contributed by atoms with van der Waals surface area (Å²) in [6.45, 7) is 3.18. The molecule has 0 radical (unpaired) electrons. The number of nitrogens with zero attached hydrogens (tertiary/aromatic N) is 2. The van der Waals surface area contributed by atoms with Gasteiger partial charge in [0.2, 0.25) is 0 Å². The first-order valence-electron chi connectivity index (χ1n) is 9.60. The summed E-state index contributed by atoms with van der Waals surface area (Å²) in [5.41, 5.74) is 6.60. The number of hydrogen-bond donors (Lipinski definition) is 0. The van der Waals surface area contributed by atoms with Crippen LogP contribution in [0.1, 0.15) is 24.1 Å². The molecule has 0 aliphatic heterocycles. The van der Waals surface area contributed by atoms with Gasteiger partial charge in [-0.1, -0.05) is 78.9 Å². The highest BCUT2D eigenvalue weighted by Gasteiger charge is 2.27. The average Bonchev–Trinajstić information content (AvgIpc) is 3.03. The first kappa shape index (κ1) is 17.6. The lowest BCUT2D eigenvalue weighted by Crippen LogP contribution is -2.21. The van der Waals surface area contributed by atoms with E-state index in [2.05, 4.69) is 115 Å². The van der Waals surface area contributed by atoms with E-state index in [-0.39, 0.29) is 6.04 Å².